The zero-order valence-corrected chi connectivity index (χ0v) is 14.6. The van der Waals surface area contributed by atoms with Crippen molar-refractivity contribution < 1.29 is 9.90 Å². The smallest absolute Gasteiger partial charge is 0.222 e. The van der Waals surface area contributed by atoms with E-state index in [2.05, 4.69) is 16.0 Å². The zero-order chi connectivity index (χ0) is 18.4. The first kappa shape index (κ1) is 17.7. The first-order valence-electron chi connectivity index (χ1n) is 8.84. The number of aromatic nitrogens is 1. The van der Waals surface area contributed by atoms with Crippen molar-refractivity contribution in [2.75, 3.05) is 31.1 Å². The normalized spacial score (nSPS) is 14.6. The van der Waals surface area contributed by atoms with Gasteiger partial charge in [-0.15, -0.1) is 0 Å². The summed E-state index contributed by atoms with van der Waals surface area (Å²) in [6.45, 7) is 2.74. The van der Waals surface area contributed by atoms with Gasteiger partial charge in [-0.2, -0.15) is 5.26 Å². The topological polar surface area (TPSA) is 80.5 Å². The van der Waals surface area contributed by atoms with Crippen LogP contribution in [0.1, 0.15) is 24.0 Å². The van der Waals surface area contributed by atoms with E-state index >= 15 is 0 Å². The van der Waals surface area contributed by atoms with Gasteiger partial charge in [0, 0.05) is 38.8 Å². The summed E-state index contributed by atoms with van der Waals surface area (Å²) in [5.41, 5.74) is 1.36. The van der Waals surface area contributed by atoms with E-state index in [0.717, 1.165) is 18.5 Å². The Labute approximate surface area is 153 Å². The van der Waals surface area contributed by atoms with E-state index in [-0.39, 0.29) is 11.7 Å². The fourth-order valence-corrected chi connectivity index (χ4v) is 3.24. The van der Waals surface area contributed by atoms with Crippen LogP contribution in [0.2, 0.25) is 0 Å². The molecule has 0 aliphatic carbocycles. The summed E-state index contributed by atoms with van der Waals surface area (Å²) in [5, 5.41) is 19.1. The highest BCUT2D eigenvalue weighted by atomic mass is 16.3. The molecule has 6 nitrogen and oxygen atoms in total. The molecule has 0 radical (unpaired) electrons. The lowest BCUT2D eigenvalue weighted by molar-refractivity contribution is -0.130. The Morgan fingerprint density at radius 2 is 2.00 bits per heavy atom. The van der Waals surface area contributed by atoms with Gasteiger partial charge in [-0.05, 0) is 36.6 Å². The quantitative estimate of drug-likeness (QED) is 0.915. The molecule has 2 heterocycles. The molecule has 0 unspecified atom stereocenters. The molecule has 1 amide bonds. The van der Waals surface area contributed by atoms with Crippen molar-refractivity contribution in [2.45, 2.75) is 19.3 Å². The van der Waals surface area contributed by atoms with Crippen LogP contribution in [0, 0.1) is 11.3 Å². The predicted octanol–water partition coefficient (Wildman–Crippen LogP) is 2.33. The highest BCUT2D eigenvalue weighted by molar-refractivity contribution is 5.76. The number of para-hydroxylation sites is 1. The van der Waals surface area contributed by atoms with Crippen LogP contribution in [-0.4, -0.2) is 47.1 Å². The molecule has 1 saturated heterocycles. The molecule has 26 heavy (non-hydrogen) atoms. The number of benzene rings is 1. The number of amides is 1. The number of carbonyl (C=O) groups is 1. The van der Waals surface area contributed by atoms with Crippen molar-refractivity contribution in [1.29, 1.82) is 5.26 Å². The second kappa shape index (κ2) is 8.34. The van der Waals surface area contributed by atoms with Gasteiger partial charge in [-0.25, -0.2) is 4.98 Å². The van der Waals surface area contributed by atoms with Gasteiger partial charge in [-0.3, -0.25) is 4.79 Å². The number of carbonyl (C=O) groups excluding carboxylic acids is 1. The van der Waals surface area contributed by atoms with Gasteiger partial charge >= 0.3 is 0 Å². The molecule has 1 aromatic heterocycles. The van der Waals surface area contributed by atoms with Gasteiger partial charge in [0.25, 0.3) is 0 Å². The molecule has 1 aliphatic rings. The van der Waals surface area contributed by atoms with Gasteiger partial charge in [0.2, 0.25) is 5.91 Å². The Kier molecular flexibility index (Phi) is 5.69. The number of hydrogen-bond acceptors (Lipinski definition) is 5. The van der Waals surface area contributed by atoms with Crippen LogP contribution >= 0.6 is 0 Å². The minimum atomic E-state index is 0.0941. The van der Waals surface area contributed by atoms with Gasteiger partial charge in [-0.1, -0.05) is 18.2 Å². The summed E-state index contributed by atoms with van der Waals surface area (Å²) in [5.74, 6) is 1.02. The van der Waals surface area contributed by atoms with E-state index in [4.69, 9.17) is 0 Å². The van der Waals surface area contributed by atoms with Crippen molar-refractivity contribution in [3.05, 3.63) is 53.7 Å². The van der Waals surface area contributed by atoms with Crippen LogP contribution in [0.25, 0.3) is 0 Å². The molecule has 134 valence electrons. The maximum atomic E-state index is 12.6. The SMILES string of the molecule is N#Cc1cccnc1N1CCCN(C(=O)CCc2ccccc2O)CC1. The molecular formula is C20H22N4O2. The molecule has 1 N–H and O–H groups in total. The summed E-state index contributed by atoms with van der Waals surface area (Å²) < 4.78 is 0. The number of anilines is 1. The van der Waals surface area contributed by atoms with E-state index in [1.807, 2.05) is 17.0 Å². The van der Waals surface area contributed by atoms with E-state index in [1.54, 1.807) is 30.5 Å². The minimum Gasteiger partial charge on any atom is -0.508 e. The molecule has 0 bridgehead atoms. The Morgan fingerprint density at radius 1 is 1.15 bits per heavy atom. The monoisotopic (exact) mass is 350 g/mol. The average Bonchev–Trinajstić information content (AvgIpc) is 2.93. The summed E-state index contributed by atoms with van der Waals surface area (Å²) in [6, 6.07) is 12.8. The van der Waals surface area contributed by atoms with Crippen LogP contribution < -0.4 is 4.90 Å². The zero-order valence-electron chi connectivity index (χ0n) is 14.6. The van der Waals surface area contributed by atoms with E-state index in [9.17, 15) is 15.2 Å². The third-order valence-corrected chi connectivity index (χ3v) is 4.66. The molecule has 0 saturated carbocycles. The molecule has 2 aromatic rings. The van der Waals surface area contributed by atoms with E-state index in [0.29, 0.717) is 43.9 Å². The van der Waals surface area contributed by atoms with Crippen molar-refractivity contribution in [1.82, 2.24) is 9.88 Å². The number of hydrogen-bond donors (Lipinski definition) is 1. The third kappa shape index (κ3) is 4.12. The number of nitriles is 1. The minimum absolute atomic E-state index is 0.0941. The summed E-state index contributed by atoms with van der Waals surface area (Å²) >= 11 is 0. The van der Waals surface area contributed by atoms with Crippen molar-refractivity contribution in [2.24, 2.45) is 0 Å². The molecule has 1 aromatic carbocycles. The van der Waals surface area contributed by atoms with Crippen LogP contribution in [0.3, 0.4) is 0 Å². The molecule has 6 heteroatoms. The first-order valence-corrected chi connectivity index (χ1v) is 8.84. The molecule has 0 atom stereocenters. The van der Waals surface area contributed by atoms with Gasteiger partial charge < -0.3 is 14.9 Å². The van der Waals surface area contributed by atoms with Crippen LogP contribution in [0.5, 0.6) is 5.75 Å². The number of aryl methyl sites for hydroxylation is 1. The van der Waals surface area contributed by atoms with E-state index in [1.165, 1.54) is 0 Å². The number of phenolic OH excluding ortho intramolecular Hbond substituents is 1. The second-order valence-electron chi connectivity index (χ2n) is 6.34. The maximum Gasteiger partial charge on any atom is 0.222 e. The lowest BCUT2D eigenvalue weighted by Crippen LogP contribution is -2.35. The Morgan fingerprint density at radius 3 is 2.81 bits per heavy atom. The van der Waals surface area contributed by atoms with Gasteiger partial charge in [0.15, 0.2) is 0 Å². The maximum absolute atomic E-state index is 12.6. The summed E-state index contributed by atoms with van der Waals surface area (Å²) in [4.78, 5) is 20.9. The molecule has 1 aliphatic heterocycles. The van der Waals surface area contributed by atoms with Gasteiger partial charge in [0.05, 0.1) is 5.56 Å². The van der Waals surface area contributed by atoms with Crippen LogP contribution in [0.4, 0.5) is 5.82 Å². The molecule has 3 rings (SSSR count). The van der Waals surface area contributed by atoms with Crippen molar-refractivity contribution in [3.8, 4) is 11.8 Å². The lowest BCUT2D eigenvalue weighted by atomic mass is 10.1. The first-order chi connectivity index (χ1) is 12.7. The summed E-state index contributed by atoms with van der Waals surface area (Å²) in [6.07, 6.45) is 3.44. The van der Waals surface area contributed by atoms with Gasteiger partial charge in [0.1, 0.15) is 17.6 Å². The van der Waals surface area contributed by atoms with Crippen LogP contribution in [0.15, 0.2) is 42.6 Å². The molecular weight excluding hydrogens is 328 g/mol. The number of nitrogens with zero attached hydrogens (tertiary/aromatic N) is 4. The molecule has 0 spiro atoms. The highest BCUT2D eigenvalue weighted by Gasteiger charge is 2.21. The van der Waals surface area contributed by atoms with E-state index < -0.39 is 0 Å². The Hall–Kier alpha value is -3.07. The number of pyridine rings is 1. The highest BCUT2D eigenvalue weighted by Crippen LogP contribution is 2.20. The predicted molar refractivity (Wildman–Crippen MR) is 98.8 cm³/mol. The fourth-order valence-electron chi connectivity index (χ4n) is 3.24. The van der Waals surface area contributed by atoms with Crippen molar-refractivity contribution >= 4 is 11.7 Å². The third-order valence-electron chi connectivity index (χ3n) is 4.66. The largest absolute Gasteiger partial charge is 0.508 e. The van der Waals surface area contributed by atoms with Crippen LogP contribution in [-0.2, 0) is 11.2 Å². The standard InChI is InChI=1S/C20H22N4O2/c21-15-17-6-3-10-22-20(17)24-12-4-11-23(13-14-24)19(26)9-8-16-5-1-2-7-18(16)25/h1-3,5-7,10,25H,4,8-9,11-14H2. The lowest BCUT2D eigenvalue weighted by Gasteiger charge is -2.23. The Bertz CT molecular complexity index is 815. The number of aromatic hydroxyl groups is 1. The fraction of sp³-hybridized carbons (Fsp3) is 0.350. The van der Waals surface area contributed by atoms with Crippen molar-refractivity contribution in [3.63, 3.8) is 0 Å². The summed E-state index contributed by atoms with van der Waals surface area (Å²) in [7, 11) is 0. The molecule has 1 fully saturated rings. The Balaban J connectivity index is 1.59. The number of rotatable bonds is 4. The second-order valence-corrected chi connectivity index (χ2v) is 6.34. The average molecular weight is 350 g/mol. The number of phenols is 1.